The average molecular weight is 492 g/mol. The Kier molecular flexibility index (Phi) is 9.04. The van der Waals surface area contributed by atoms with Crippen LogP contribution < -0.4 is 5.32 Å². The second-order valence-electron chi connectivity index (χ2n) is 9.18. The minimum absolute atomic E-state index is 0.00365. The number of H-pyrrole nitrogens is 1. The number of aromatic nitrogens is 1. The Labute approximate surface area is 212 Å². The maximum Gasteiger partial charge on any atom is 0.256 e. The van der Waals surface area contributed by atoms with Crippen molar-refractivity contribution in [3.8, 4) is 0 Å². The van der Waals surface area contributed by atoms with Crippen molar-refractivity contribution in [2.24, 2.45) is 0 Å². The zero-order chi connectivity index (χ0) is 26.3. The van der Waals surface area contributed by atoms with Crippen LogP contribution in [0.25, 0.3) is 10.9 Å². The third-order valence-corrected chi connectivity index (χ3v) is 6.88. The zero-order valence-corrected chi connectivity index (χ0v) is 21.6. The maximum atomic E-state index is 14.0. The van der Waals surface area contributed by atoms with Gasteiger partial charge < -0.3 is 20.3 Å². The lowest BCUT2D eigenvalue weighted by molar-refractivity contribution is -0.139. The highest BCUT2D eigenvalue weighted by Gasteiger charge is 2.49. The summed E-state index contributed by atoms with van der Waals surface area (Å²) in [4.78, 5) is 46.4. The van der Waals surface area contributed by atoms with Gasteiger partial charge in [-0.2, -0.15) is 0 Å². The summed E-state index contributed by atoms with van der Waals surface area (Å²) >= 11 is 0. The topological polar surface area (TPSA) is 102 Å². The number of aryl methyl sites for hydroxylation is 1. The molecule has 0 fully saturated rings. The number of aliphatic hydroxyl groups excluding tert-OH is 1. The molecule has 1 aromatic heterocycles. The van der Waals surface area contributed by atoms with Crippen LogP contribution >= 0.6 is 0 Å². The second-order valence-corrected chi connectivity index (χ2v) is 9.18. The van der Waals surface area contributed by atoms with E-state index in [0.29, 0.717) is 25.1 Å². The van der Waals surface area contributed by atoms with Crippen LogP contribution in [0.1, 0.15) is 61.6 Å². The molecule has 7 nitrogen and oxygen atoms in total. The van der Waals surface area contributed by atoms with Crippen molar-refractivity contribution in [1.29, 1.82) is 0 Å². The van der Waals surface area contributed by atoms with Gasteiger partial charge in [0.15, 0.2) is 11.3 Å². The standard InChI is InChI=1S/C29H37N3O4/c1-5-22(33)17-18-29(28(36)32(6-2)7-3,27(35)21-13-9-8-10-14-21)31-26(34)19-24-20(4)30-25-16-12-11-15-23(24)25/h8-16,22,30,33H,5-7,17-19H2,1-4H3,(H,31,34). The largest absolute Gasteiger partial charge is 0.393 e. The van der Waals surface area contributed by atoms with E-state index in [0.717, 1.165) is 22.2 Å². The first-order valence-corrected chi connectivity index (χ1v) is 12.7. The Morgan fingerprint density at radius 3 is 2.28 bits per heavy atom. The smallest absolute Gasteiger partial charge is 0.256 e. The number of fused-ring (bicyclic) bond motifs is 1. The minimum atomic E-state index is -1.82. The molecule has 3 aromatic rings. The quantitative estimate of drug-likeness (QED) is 0.261. The first-order chi connectivity index (χ1) is 17.3. The van der Waals surface area contributed by atoms with Gasteiger partial charge in [0.2, 0.25) is 5.91 Å². The summed E-state index contributed by atoms with van der Waals surface area (Å²) in [6.45, 7) is 8.23. The van der Waals surface area contributed by atoms with Crippen molar-refractivity contribution < 1.29 is 19.5 Å². The molecule has 2 amide bonds. The number of para-hydroxylation sites is 1. The number of Topliss-reactive ketones (excluding diaryl/α,β-unsaturated/α-hetero) is 1. The first-order valence-electron chi connectivity index (χ1n) is 12.7. The Morgan fingerprint density at radius 1 is 1.00 bits per heavy atom. The van der Waals surface area contributed by atoms with Crippen molar-refractivity contribution in [2.45, 2.75) is 65.0 Å². The van der Waals surface area contributed by atoms with E-state index in [9.17, 15) is 19.5 Å². The van der Waals surface area contributed by atoms with E-state index < -0.39 is 29.2 Å². The summed E-state index contributed by atoms with van der Waals surface area (Å²) in [5.74, 6) is -1.33. The van der Waals surface area contributed by atoms with Gasteiger partial charge in [-0.05, 0) is 51.7 Å². The number of aliphatic hydroxyl groups is 1. The van der Waals surface area contributed by atoms with Gasteiger partial charge in [-0.15, -0.1) is 0 Å². The number of nitrogens with one attached hydrogen (secondary N) is 2. The maximum absolute atomic E-state index is 14.0. The van der Waals surface area contributed by atoms with Gasteiger partial charge in [0.1, 0.15) is 0 Å². The molecular weight excluding hydrogens is 454 g/mol. The predicted octanol–water partition coefficient (Wildman–Crippen LogP) is 4.18. The van der Waals surface area contributed by atoms with Gasteiger partial charge in [-0.25, -0.2) is 0 Å². The van der Waals surface area contributed by atoms with Crippen LogP contribution in [0.4, 0.5) is 0 Å². The Bertz CT molecular complexity index is 1200. The number of benzene rings is 2. The summed E-state index contributed by atoms with van der Waals surface area (Å²) in [6, 6.07) is 16.3. The molecule has 0 spiro atoms. The lowest BCUT2D eigenvalue weighted by Gasteiger charge is -2.37. The number of likely N-dealkylation sites (N-methyl/N-ethyl adjacent to an activating group) is 1. The third-order valence-electron chi connectivity index (χ3n) is 6.88. The van der Waals surface area contributed by atoms with Gasteiger partial charge in [-0.3, -0.25) is 14.4 Å². The third kappa shape index (κ3) is 5.68. The van der Waals surface area contributed by atoms with Crippen LogP contribution in [0, 0.1) is 6.92 Å². The van der Waals surface area contributed by atoms with E-state index in [1.165, 1.54) is 0 Å². The highest BCUT2D eigenvalue weighted by molar-refractivity contribution is 6.19. The molecule has 0 bridgehead atoms. The van der Waals surface area contributed by atoms with E-state index in [2.05, 4.69) is 10.3 Å². The van der Waals surface area contributed by atoms with Crippen LogP contribution in [0.2, 0.25) is 0 Å². The Morgan fingerprint density at radius 2 is 1.64 bits per heavy atom. The average Bonchev–Trinajstić information content (AvgIpc) is 3.21. The molecule has 7 heteroatoms. The van der Waals surface area contributed by atoms with Gasteiger partial charge >= 0.3 is 0 Å². The van der Waals surface area contributed by atoms with Crippen molar-refractivity contribution in [3.05, 3.63) is 71.4 Å². The van der Waals surface area contributed by atoms with Crippen LogP contribution in [-0.2, 0) is 16.0 Å². The monoisotopic (exact) mass is 491 g/mol. The fraction of sp³-hybridized carbons (Fsp3) is 0.414. The van der Waals surface area contributed by atoms with E-state index in [-0.39, 0.29) is 19.3 Å². The van der Waals surface area contributed by atoms with Gasteiger partial charge in [0, 0.05) is 35.2 Å². The molecule has 0 aliphatic rings. The molecule has 2 aromatic carbocycles. The summed E-state index contributed by atoms with van der Waals surface area (Å²) in [6.07, 6.45) is 0.0160. The highest BCUT2D eigenvalue weighted by Crippen LogP contribution is 2.27. The van der Waals surface area contributed by atoms with Crippen molar-refractivity contribution in [3.63, 3.8) is 0 Å². The molecule has 0 aliphatic heterocycles. The SMILES string of the molecule is CCC(O)CCC(NC(=O)Cc1c(C)[nH]c2ccccc12)(C(=O)c1ccccc1)C(=O)N(CC)CC. The minimum Gasteiger partial charge on any atom is -0.393 e. The molecule has 0 aliphatic carbocycles. The molecule has 2 atom stereocenters. The fourth-order valence-corrected chi connectivity index (χ4v) is 4.70. The molecule has 192 valence electrons. The van der Waals surface area contributed by atoms with E-state index in [1.54, 1.807) is 35.2 Å². The fourth-order valence-electron chi connectivity index (χ4n) is 4.70. The summed E-state index contributed by atoms with van der Waals surface area (Å²) in [7, 11) is 0. The van der Waals surface area contributed by atoms with Gasteiger partial charge in [-0.1, -0.05) is 55.5 Å². The zero-order valence-electron chi connectivity index (χ0n) is 21.6. The molecule has 3 N–H and O–H groups in total. The van der Waals surface area contributed by atoms with Crippen LogP contribution in [0.5, 0.6) is 0 Å². The normalized spacial score (nSPS) is 13.7. The Balaban J connectivity index is 2.06. The van der Waals surface area contributed by atoms with Crippen LogP contribution in [0.15, 0.2) is 54.6 Å². The van der Waals surface area contributed by atoms with Crippen molar-refractivity contribution in [1.82, 2.24) is 15.2 Å². The van der Waals surface area contributed by atoms with E-state index >= 15 is 0 Å². The summed E-state index contributed by atoms with van der Waals surface area (Å²) in [5.41, 5.74) is 1.14. The first kappa shape index (κ1) is 27.1. The number of carbonyl (C=O) groups excluding carboxylic acids is 3. The Hall–Kier alpha value is -3.45. The number of rotatable bonds is 12. The molecule has 3 rings (SSSR count). The second kappa shape index (κ2) is 12.0. The predicted molar refractivity (Wildman–Crippen MR) is 142 cm³/mol. The highest BCUT2D eigenvalue weighted by atomic mass is 16.3. The van der Waals surface area contributed by atoms with E-state index in [1.807, 2.05) is 52.0 Å². The molecule has 2 unspecified atom stereocenters. The summed E-state index contributed by atoms with van der Waals surface area (Å²) in [5, 5.41) is 14.2. The molecular formula is C29H37N3O4. The number of carbonyl (C=O) groups is 3. The summed E-state index contributed by atoms with van der Waals surface area (Å²) < 4.78 is 0. The number of hydrogen-bond donors (Lipinski definition) is 3. The van der Waals surface area contributed by atoms with Crippen LogP contribution in [0.3, 0.4) is 0 Å². The number of aromatic amines is 1. The van der Waals surface area contributed by atoms with Crippen molar-refractivity contribution >= 4 is 28.5 Å². The number of nitrogens with zero attached hydrogens (tertiary/aromatic N) is 1. The van der Waals surface area contributed by atoms with Gasteiger partial charge in [0.25, 0.3) is 5.91 Å². The molecule has 0 radical (unpaired) electrons. The lowest BCUT2D eigenvalue weighted by atomic mass is 9.81. The molecule has 0 saturated heterocycles. The number of ketones is 1. The molecule has 0 saturated carbocycles. The number of amides is 2. The van der Waals surface area contributed by atoms with Gasteiger partial charge in [0.05, 0.1) is 12.5 Å². The van der Waals surface area contributed by atoms with Crippen molar-refractivity contribution in [2.75, 3.05) is 13.1 Å². The lowest BCUT2D eigenvalue weighted by Crippen LogP contribution is -2.64. The molecule has 36 heavy (non-hydrogen) atoms. The van der Waals surface area contributed by atoms with Crippen LogP contribution in [-0.4, -0.2) is 57.3 Å². The van der Waals surface area contributed by atoms with E-state index in [4.69, 9.17) is 0 Å². The number of hydrogen-bond acceptors (Lipinski definition) is 4. The molecule has 1 heterocycles.